The summed E-state index contributed by atoms with van der Waals surface area (Å²) in [5, 5.41) is 2.25. The Morgan fingerprint density at radius 1 is 0.329 bits per heavy atom. The van der Waals surface area contributed by atoms with Crippen molar-refractivity contribution in [2.24, 2.45) is 0 Å². The minimum Gasteiger partial charge on any atom is -0.310 e. The van der Waals surface area contributed by atoms with Gasteiger partial charge in [0.15, 0.2) is 0 Å². The molecule has 1 nitrogen and oxygen atoms in total. The van der Waals surface area contributed by atoms with Gasteiger partial charge in [0.2, 0.25) is 0 Å². The van der Waals surface area contributed by atoms with Gasteiger partial charge in [0.1, 0.15) is 0 Å². The predicted octanol–water partition coefficient (Wildman–Crippen LogP) is 19.5. The van der Waals surface area contributed by atoms with Crippen LogP contribution in [-0.4, -0.2) is 0 Å². The second-order valence-corrected chi connectivity index (χ2v) is 20.6. The molecule has 0 bridgehead atoms. The maximum Gasteiger partial charge on any atom is 0.0714 e. The van der Waals surface area contributed by atoms with Crippen LogP contribution in [0.3, 0.4) is 0 Å². The Morgan fingerprint density at radius 3 is 1.43 bits per heavy atom. The molecule has 0 N–H and O–H groups in total. The molecule has 2 aliphatic carbocycles. The minimum absolute atomic E-state index is 0.00561. The first kappa shape index (κ1) is 41.1. The Labute approximate surface area is 452 Å². The fourth-order valence-corrected chi connectivity index (χ4v) is 12.8. The molecule has 0 spiro atoms. The molecule has 360 valence electrons. The maximum atomic E-state index is 9.38. The van der Waals surface area contributed by atoms with Crippen molar-refractivity contribution in [1.29, 1.82) is 0 Å². The second kappa shape index (κ2) is 18.3. The molecule has 0 aromatic heterocycles. The van der Waals surface area contributed by atoms with Gasteiger partial charge in [-0.3, -0.25) is 0 Å². The second-order valence-electron chi connectivity index (χ2n) is 20.6. The maximum absolute atomic E-state index is 9.38. The van der Waals surface area contributed by atoms with Gasteiger partial charge in [-0.25, -0.2) is 0 Å². The molecular weight excluding hydrogens is 915 g/mol. The summed E-state index contributed by atoms with van der Waals surface area (Å²) < 4.78 is 37.0. The van der Waals surface area contributed by atoms with Crippen LogP contribution < -0.4 is 4.90 Å². The molecular formula is C75H55N. The first-order chi connectivity index (χ1) is 39.2. The van der Waals surface area contributed by atoms with Crippen molar-refractivity contribution in [3.8, 4) is 44.5 Å². The van der Waals surface area contributed by atoms with Gasteiger partial charge in [0, 0.05) is 16.8 Å². The molecule has 0 saturated carbocycles. The first-order valence-electron chi connectivity index (χ1n) is 28.4. The monoisotopic (exact) mass is 973 g/mol. The molecule has 0 saturated heterocycles. The lowest BCUT2D eigenvalue weighted by Gasteiger charge is -2.36. The molecule has 12 aromatic rings. The van der Waals surface area contributed by atoms with E-state index in [1.165, 1.54) is 38.9 Å². The van der Waals surface area contributed by atoms with E-state index in [0.29, 0.717) is 16.7 Å². The minimum atomic E-state index is -0.869. The normalized spacial score (nSPS) is 14.2. The van der Waals surface area contributed by atoms with Gasteiger partial charge in [0.05, 0.1) is 22.0 Å². The van der Waals surface area contributed by atoms with Crippen molar-refractivity contribution >= 4 is 27.8 Å². The lowest BCUT2D eigenvalue weighted by molar-refractivity contribution is 0.768. The summed E-state index contributed by atoms with van der Waals surface area (Å²) in [6.07, 6.45) is 0. The Hall–Kier alpha value is -9.30. The van der Waals surface area contributed by atoms with E-state index in [4.69, 9.17) is 2.74 Å². The lowest BCUT2D eigenvalue weighted by Crippen LogP contribution is -2.29. The summed E-state index contributed by atoms with van der Waals surface area (Å²) >= 11 is 0. The van der Waals surface area contributed by atoms with Crippen LogP contribution in [0.4, 0.5) is 17.1 Å². The summed E-state index contributed by atoms with van der Waals surface area (Å²) in [6, 6.07) is 96.6. The molecule has 0 radical (unpaired) electrons. The number of nitrogens with zero attached hydrogens (tertiary/aromatic N) is 1. The third-order valence-electron chi connectivity index (χ3n) is 16.2. The van der Waals surface area contributed by atoms with E-state index in [-0.39, 0.29) is 30.1 Å². The van der Waals surface area contributed by atoms with Crippen LogP contribution in [0.2, 0.25) is 0 Å². The van der Waals surface area contributed by atoms with E-state index >= 15 is 0 Å². The van der Waals surface area contributed by atoms with E-state index in [1.807, 2.05) is 26.0 Å². The van der Waals surface area contributed by atoms with Gasteiger partial charge in [-0.05, 0) is 148 Å². The lowest BCUT2D eigenvalue weighted by atomic mass is 9.67. The summed E-state index contributed by atoms with van der Waals surface area (Å²) in [7, 11) is 0. The summed E-state index contributed by atoms with van der Waals surface area (Å²) in [4.78, 5) is 2.44. The van der Waals surface area contributed by atoms with Crippen LogP contribution in [0, 0.1) is 0 Å². The summed E-state index contributed by atoms with van der Waals surface area (Å²) in [5.41, 5.74) is 19.2. The van der Waals surface area contributed by atoms with Gasteiger partial charge in [-0.15, -0.1) is 0 Å². The molecule has 14 rings (SSSR count). The van der Waals surface area contributed by atoms with Gasteiger partial charge in [0.25, 0.3) is 0 Å². The van der Waals surface area contributed by atoms with E-state index in [0.717, 1.165) is 66.8 Å². The highest BCUT2D eigenvalue weighted by Gasteiger charge is 2.48. The molecule has 0 fully saturated rings. The summed E-state index contributed by atoms with van der Waals surface area (Å²) in [6.45, 7) is 3.85. The highest BCUT2D eigenvalue weighted by atomic mass is 15.1. The van der Waals surface area contributed by atoms with Crippen LogP contribution in [0.15, 0.2) is 291 Å². The topological polar surface area (TPSA) is 3.24 Å². The molecule has 2 aliphatic rings. The molecule has 0 heterocycles. The third kappa shape index (κ3) is 7.00. The first-order valence-corrected chi connectivity index (χ1v) is 26.4. The van der Waals surface area contributed by atoms with E-state index in [9.17, 15) is 2.74 Å². The van der Waals surface area contributed by atoms with Crippen molar-refractivity contribution < 1.29 is 5.48 Å². The number of hydrogen-bond acceptors (Lipinski definition) is 1. The zero-order valence-electron chi connectivity index (χ0n) is 46.4. The van der Waals surface area contributed by atoms with Crippen molar-refractivity contribution in [2.75, 3.05) is 4.90 Å². The molecule has 76 heavy (non-hydrogen) atoms. The van der Waals surface area contributed by atoms with Crippen molar-refractivity contribution in [3.05, 3.63) is 341 Å². The van der Waals surface area contributed by atoms with Gasteiger partial charge >= 0.3 is 0 Å². The smallest absolute Gasteiger partial charge is 0.0714 e. The van der Waals surface area contributed by atoms with Crippen LogP contribution in [0.1, 0.15) is 75.3 Å². The van der Waals surface area contributed by atoms with Gasteiger partial charge in [-0.2, -0.15) is 0 Å². The summed E-state index contributed by atoms with van der Waals surface area (Å²) in [5.74, 6) is -0.171. The number of fused-ring (bicyclic) bond motifs is 7. The van der Waals surface area contributed by atoms with E-state index in [1.54, 1.807) is 0 Å². The molecule has 0 unspecified atom stereocenters. The molecule has 0 aliphatic heterocycles. The number of benzene rings is 12. The zero-order valence-corrected chi connectivity index (χ0v) is 42.4. The average molecular weight is 974 g/mol. The Balaban J connectivity index is 1.03. The van der Waals surface area contributed by atoms with Crippen LogP contribution in [0.5, 0.6) is 0 Å². The Kier molecular flexibility index (Phi) is 9.88. The van der Waals surface area contributed by atoms with E-state index < -0.39 is 10.8 Å². The average Bonchev–Trinajstić information content (AvgIpc) is 3.36. The standard InChI is InChI=1S/C75H55N/c1-51(2)52-39-41-54(42-40-52)55-23-18-29-60(48-55)75(69-35-15-12-32-65(69)66-33-13-16-36-70(66)75)61-30-20-31-62(49-61)76(73-38-19-24-57-47-56(43-45-64(57)73)53-21-6-3-7-22-53)63-44-46-72-68(50-63)67-34-14-17-37-71(67)74(72,58-25-8-4-9-26-58)59-27-10-5-11-28-59/h3-51H,1-2H3/i39D,40D,41D,42D. The van der Waals surface area contributed by atoms with Gasteiger partial charge < -0.3 is 4.90 Å². The quantitative estimate of drug-likeness (QED) is 0.132. The number of rotatable bonds is 10. The van der Waals surface area contributed by atoms with E-state index in [2.05, 4.69) is 260 Å². The molecule has 0 atom stereocenters. The fraction of sp³-hybridized carbons (Fsp3) is 0.0667. The Bertz CT molecular complexity index is 4280. The van der Waals surface area contributed by atoms with Crippen molar-refractivity contribution in [1.82, 2.24) is 0 Å². The van der Waals surface area contributed by atoms with Crippen LogP contribution in [0.25, 0.3) is 55.3 Å². The van der Waals surface area contributed by atoms with Crippen LogP contribution in [-0.2, 0) is 10.8 Å². The SMILES string of the molecule is [2H]c1c([2H])c(C(C)C)c([2H])c([2H])c1-c1cccc(C2(c3cccc(N(c4ccc5c(c4)-c4ccccc4C5(c4ccccc4)c4ccccc4)c4cccc5cc(-c6ccccc6)ccc45)c3)c3ccccc3-c3ccccc32)c1. The largest absolute Gasteiger partial charge is 0.310 e. The zero-order chi connectivity index (χ0) is 54.3. The number of hydrogen-bond donors (Lipinski definition) is 0. The molecule has 12 aromatic carbocycles. The van der Waals surface area contributed by atoms with Gasteiger partial charge in [-0.1, -0.05) is 262 Å². The molecule has 0 amide bonds. The molecule has 1 heteroatoms. The van der Waals surface area contributed by atoms with Crippen molar-refractivity contribution in [2.45, 2.75) is 30.6 Å². The fourth-order valence-electron chi connectivity index (χ4n) is 12.8. The highest BCUT2D eigenvalue weighted by molar-refractivity contribution is 6.02. The Morgan fingerprint density at radius 2 is 0.803 bits per heavy atom. The van der Waals surface area contributed by atoms with Crippen molar-refractivity contribution in [3.63, 3.8) is 0 Å². The number of anilines is 3. The highest BCUT2D eigenvalue weighted by Crippen LogP contribution is 2.59. The third-order valence-corrected chi connectivity index (χ3v) is 16.2. The van der Waals surface area contributed by atoms with Crippen LogP contribution >= 0.6 is 0 Å². The predicted molar refractivity (Wildman–Crippen MR) is 318 cm³/mol.